The average molecular weight is 356 g/mol. The van der Waals surface area contributed by atoms with Crippen molar-refractivity contribution in [2.75, 3.05) is 5.43 Å². The summed E-state index contributed by atoms with van der Waals surface area (Å²) in [4.78, 5) is 20.9. The Morgan fingerprint density at radius 3 is 2.48 bits per heavy atom. The smallest absolute Gasteiger partial charge is 0.289 e. The minimum atomic E-state index is -0.427. The first-order valence-electron chi connectivity index (χ1n) is 7.96. The van der Waals surface area contributed by atoms with Gasteiger partial charge >= 0.3 is 5.69 Å². The Bertz CT molecular complexity index is 911. The number of rotatable bonds is 6. The summed E-state index contributed by atoms with van der Waals surface area (Å²) in [6.07, 6.45) is 0.566. The molecule has 0 atom stereocenters. The molecule has 0 aliphatic heterocycles. The zero-order chi connectivity index (χ0) is 17.6. The van der Waals surface area contributed by atoms with Gasteiger partial charge in [-0.25, -0.2) is 14.8 Å². The molecule has 0 aliphatic rings. The van der Waals surface area contributed by atoms with Gasteiger partial charge in [0.25, 0.3) is 0 Å². The van der Waals surface area contributed by atoms with Crippen LogP contribution in [0.3, 0.4) is 0 Å². The van der Waals surface area contributed by atoms with Crippen LogP contribution in [0.15, 0.2) is 59.4 Å². The topological polar surface area (TPSA) is 71.8 Å². The normalized spacial score (nSPS) is 10.6. The lowest BCUT2D eigenvalue weighted by Crippen LogP contribution is -2.31. The lowest BCUT2D eigenvalue weighted by atomic mass is 10.2. The summed E-state index contributed by atoms with van der Waals surface area (Å²) in [5, 5.41) is 0.478. The van der Waals surface area contributed by atoms with E-state index in [0.717, 1.165) is 5.56 Å². The molecular weight excluding hydrogens is 338 g/mol. The summed E-state index contributed by atoms with van der Waals surface area (Å²) in [6, 6.07) is 17.0. The van der Waals surface area contributed by atoms with E-state index in [1.807, 2.05) is 49.4 Å². The highest BCUT2D eigenvalue weighted by atomic mass is 35.5. The number of aromatic nitrogens is 3. The van der Waals surface area contributed by atoms with Crippen LogP contribution < -0.4 is 16.5 Å². The van der Waals surface area contributed by atoms with Gasteiger partial charge in [0, 0.05) is 13.0 Å². The Balaban J connectivity index is 1.82. The Labute approximate surface area is 150 Å². The number of nitrogens with one attached hydrogen (secondary N) is 2. The van der Waals surface area contributed by atoms with Gasteiger partial charge in [-0.1, -0.05) is 61.0 Å². The predicted molar refractivity (Wildman–Crippen MR) is 98.9 cm³/mol. The van der Waals surface area contributed by atoms with Crippen LogP contribution in [0, 0.1) is 0 Å². The molecule has 128 valence electrons. The van der Waals surface area contributed by atoms with Crippen molar-refractivity contribution >= 4 is 17.5 Å². The highest BCUT2D eigenvalue weighted by molar-refractivity contribution is 6.32. The van der Waals surface area contributed by atoms with Crippen LogP contribution in [-0.2, 0) is 13.0 Å². The number of hydrogen-bond donors (Lipinski definition) is 2. The summed E-state index contributed by atoms with van der Waals surface area (Å²) in [6.45, 7) is 2.51. The van der Waals surface area contributed by atoms with Gasteiger partial charge in [0.2, 0.25) is 5.95 Å². The molecule has 0 unspecified atom stereocenters. The third-order valence-electron chi connectivity index (χ3n) is 3.63. The van der Waals surface area contributed by atoms with Crippen molar-refractivity contribution in [2.24, 2.45) is 0 Å². The van der Waals surface area contributed by atoms with Gasteiger partial charge in [0.15, 0.2) is 0 Å². The van der Waals surface area contributed by atoms with E-state index in [1.54, 1.807) is 12.1 Å². The summed E-state index contributed by atoms with van der Waals surface area (Å²) in [5.41, 5.74) is 7.16. The first-order valence-corrected chi connectivity index (χ1v) is 8.34. The van der Waals surface area contributed by atoms with Crippen LogP contribution in [-0.4, -0.2) is 14.5 Å². The summed E-state index contributed by atoms with van der Waals surface area (Å²) >= 11 is 6.21. The van der Waals surface area contributed by atoms with Crippen LogP contribution in [0.25, 0.3) is 5.69 Å². The van der Waals surface area contributed by atoms with Gasteiger partial charge in [0.05, 0.1) is 10.7 Å². The minimum absolute atomic E-state index is 0.237. The second kappa shape index (κ2) is 7.92. The second-order valence-electron chi connectivity index (χ2n) is 5.35. The van der Waals surface area contributed by atoms with Crippen LogP contribution >= 0.6 is 11.6 Å². The minimum Gasteiger partial charge on any atom is -0.289 e. The second-order valence-corrected chi connectivity index (χ2v) is 5.76. The largest absolute Gasteiger partial charge is 0.356 e. The lowest BCUT2D eigenvalue weighted by molar-refractivity contribution is 0.735. The number of benzene rings is 2. The molecule has 0 bridgehead atoms. The molecule has 2 N–H and O–H groups in total. The van der Waals surface area contributed by atoms with Crippen LogP contribution in [0.4, 0.5) is 5.95 Å². The van der Waals surface area contributed by atoms with Crippen molar-refractivity contribution in [3.63, 3.8) is 0 Å². The SMILES string of the molecule is CCc1nc(NNCc2ccccc2)nc(=O)n1-c1ccccc1Cl. The first-order chi connectivity index (χ1) is 12.2. The van der Waals surface area contributed by atoms with Gasteiger partial charge in [-0.3, -0.25) is 5.43 Å². The number of hydrazine groups is 1. The molecule has 0 saturated heterocycles. The van der Waals surface area contributed by atoms with E-state index in [1.165, 1.54) is 4.57 Å². The molecule has 1 aromatic heterocycles. The number of anilines is 1. The Hall–Kier alpha value is -2.70. The maximum Gasteiger partial charge on any atom is 0.356 e. The van der Waals surface area contributed by atoms with E-state index in [2.05, 4.69) is 20.8 Å². The number of hydrogen-bond acceptors (Lipinski definition) is 5. The van der Waals surface area contributed by atoms with E-state index in [4.69, 9.17) is 11.6 Å². The molecule has 0 amide bonds. The quantitative estimate of drug-likeness (QED) is 0.665. The molecule has 7 heteroatoms. The van der Waals surface area contributed by atoms with Gasteiger partial charge in [-0.05, 0) is 17.7 Å². The molecule has 6 nitrogen and oxygen atoms in total. The van der Waals surface area contributed by atoms with E-state index >= 15 is 0 Å². The van der Waals surface area contributed by atoms with Crippen molar-refractivity contribution in [1.29, 1.82) is 0 Å². The predicted octanol–water partition coefficient (Wildman–Crippen LogP) is 2.96. The van der Waals surface area contributed by atoms with E-state index in [9.17, 15) is 4.79 Å². The standard InChI is InChI=1S/C18H18ClN5O/c1-2-16-21-17(23-20-12-13-8-4-3-5-9-13)22-18(25)24(16)15-11-7-6-10-14(15)19/h3-11,20H,2,12H2,1H3,(H,22,23,25). The summed E-state index contributed by atoms with van der Waals surface area (Å²) in [7, 11) is 0. The average Bonchev–Trinajstić information content (AvgIpc) is 2.63. The first kappa shape index (κ1) is 17.1. The highest BCUT2D eigenvalue weighted by Gasteiger charge is 2.12. The maximum atomic E-state index is 12.5. The number of nitrogens with zero attached hydrogens (tertiary/aromatic N) is 3. The number of halogens is 1. The molecule has 3 aromatic rings. The van der Waals surface area contributed by atoms with Gasteiger partial charge in [0.1, 0.15) is 5.82 Å². The molecule has 0 spiro atoms. The van der Waals surface area contributed by atoms with Crippen molar-refractivity contribution < 1.29 is 0 Å². The zero-order valence-corrected chi connectivity index (χ0v) is 14.5. The van der Waals surface area contributed by atoms with Crippen molar-refractivity contribution in [2.45, 2.75) is 19.9 Å². The highest BCUT2D eigenvalue weighted by Crippen LogP contribution is 2.19. The van der Waals surface area contributed by atoms with Crippen molar-refractivity contribution in [1.82, 2.24) is 20.0 Å². The molecule has 0 fully saturated rings. The summed E-state index contributed by atoms with van der Waals surface area (Å²) < 4.78 is 1.44. The monoisotopic (exact) mass is 355 g/mol. The number of para-hydroxylation sites is 1. The van der Waals surface area contributed by atoms with E-state index in [-0.39, 0.29) is 5.95 Å². The maximum absolute atomic E-state index is 12.5. The third kappa shape index (κ3) is 4.04. The fourth-order valence-corrected chi connectivity index (χ4v) is 2.66. The molecule has 0 aliphatic carbocycles. The van der Waals surface area contributed by atoms with Crippen molar-refractivity contribution in [3.05, 3.63) is 81.5 Å². The molecule has 0 saturated carbocycles. The molecule has 0 radical (unpaired) electrons. The van der Waals surface area contributed by atoms with Crippen LogP contribution in [0.2, 0.25) is 5.02 Å². The molecule has 2 aromatic carbocycles. The molecular formula is C18H18ClN5O. The Morgan fingerprint density at radius 1 is 1.04 bits per heavy atom. The number of aryl methyl sites for hydroxylation is 1. The molecule has 3 rings (SSSR count). The van der Waals surface area contributed by atoms with Crippen LogP contribution in [0.5, 0.6) is 0 Å². The van der Waals surface area contributed by atoms with E-state index in [0.29, 0.717) is 29.5 Å². The van der Waals surface area contributed by atoms with Crippen LogP contribution in [0.1, 0.15) is 18.3 Å². The Morgan fingerprint density at radius 2 is 1.76 bits per heavy atom. The third-order valence-corrected chi connectivity index (χ3v) is 3.95. The zero-order valence-electron chi connectivity index (χ0n) is 13.7. The van der Waals surface area contributed by atoms with Crippen molar-refractivity contribution in [3.8, 4) is 5.69 Å². The molecule has 25 heavy (non-hydrogen) atoms. The van der Waals surface area contributed by atoms with Gasteiger partial charge in [-0.2, -0.15) is 9.97 Å². The summed E-state index contributed by atoms with van der Waals surface area (Å²) in [5.74, 6) is 0.818. The lowest BCUT2D eigenvalue weighted by Gasteiger charge is -2.13. The molecule has 1 heterocycles. The Kier molecular flexibility index (Phi) is 5.42. The van der Waals surface area contributed by atoms with Gasteiger partial charge < -0.3 is 0 Å². The fourth-order valence-electron chi connectivity index (χ4n) is 2.44. The van der Waals surface area contributed by atoms with Gasteiger partial charge in [-0.15, -0.1) is 0 Å². The van der Waals surface area contributed by atoms with E-state index < -0.39 is 5.69 Å². The fraction of sp³-hybridized carbons (Fsp3) is 0.167.